The monoisotopic (exact) mass is 244 g/mol. The van der Waals surface area contributed by atoms with E-state index >= 15 is 0 Å². The molecule has 18 heavy (non-hydrogen) atoms. The smallest absolute Gasteiger partial charge is 0.257 e. The summed E-state index contributed by atoms with van der Waals surface area (Å²) in [6.07, 6.45) is 2.58. The Bertz CT molecular complexity index is 554. The number of para-hydroxylation sites is 1. The number of nitrogens with one attached hydrogen (secondary N) is 1. The molecule has 0 atom stereocenters. The van der Waals surface area contributed by atoms with Crippen LogP contribution >= 0.6 is 0 Å². The molecule has 1 aromatic heterocycles. The van der Waals surface area contributed by atoms with Gasteiger partial charge in [-0.1, -0.05) is 18.2 Å². The highest BCUT2D eigenvalue weighted by Crippen LogP contribution is 2.22. The van der Waals surface area contributed by atoms with Crippen molar-refractivity contribution in [3.8, 4) is 0 Å². The van der Waals surface area contributed by atoms with E-state index in [0.717, 1.165) is 43.6 Å². The second-order valence-corrected chi connectivity index (χ2v) is 4.54. The van der Waals surface area contributed by atoms with Crippen molar-refractivity contribution >= 4 is 16.9 Å². The number of benzene rings is 1. The molecule has 2 heterocycles. The number of carbonyl (C=O) groups is 1. The van der Waals surface area contributed by atoms with Gasteiger partial charge in [-0.3, -0.25) is 4.79 Å². The Labute approximate surface area is 106 Å². The summed E-state index contributed by atoms with van der Waals surface area (Å²) in [7, 11) is 0. The average molecular weight is 244 g/mol. The van der Waals surface area contributed by atoms with E-state index in [0.29, 0.717) is 5.56 Å². The molecule has 1 saturated heterocycles. The van der Waals surface area contributed by atoms with Gasteiger partial charge in [-0.15, -0.1) is 0 Å². The van der Waals surface area contributed by atoms with Gasteiger partial charge in [0.15, 0.2) is 0 Å². The number of amides is 1. The highest BCUT2D eigenvalue weighted by molar-refractivity contribution is 6.05. The fourth-order valence-corrected chi connectivity index (χ4v) is 2.36. The SMILES string of the molecule is O=C(c1coc2ccccc12)N1CCCNCC1. The van der Waals surface area contributed by atoms with Gasteiger partial charge in [-0.2, -0.15) is 0 Å². The largest absolute Gasteiger partial charge is 0.463 e. The van der Waals surface area contributed by atoms with Gasteiger partial charge in [-0.05, 0) is 19.0 Å². The number of rotatable bonds is 1. The maximum absolute atomic E-state index is 12.5. The summed E-state index contributed by atoms with van der Waals surface area (Å²) in [4.78, 5) is 14.4. The molecule has 1 N–H and O–H groups in total. The molecule has 0 spiro atoms. The van der Waals surface area contributed by atoms with Crippen LogP contribution in [0.2, 0.25) is 0 Å². The van der Waals surface area contributed by atoms with Crippen molar-refractivity contribution in [1.29, 1.82) is 0 Å². The number of furan rings is 1. The van der Waals surface area contributed by atoms with E-state index < -0.39 is 0 Å². The van der Waals surface area contributed by atoms with E-state index in [1.807, 2.05) is 29.2 Å². The summed E-state index contributed by atoms with van der Waals surface area (Å²) in [5, 5.41) is 4.20. The zero-order valence-electron chi connectivity index (χ0n) is 10.2. The first-order chi connectivity index (χ1) is 8.86. The van der Waals surface area contributed by atoms with Crippen molar-refractivity contribution in [2.24, 2.45) is 0 Å². The van der Waals surface area contributed by atoms with E-state index in [1.165, 1.54) is 0 Å². The van der Waals surface area contributed by atoms with Crippen LogP contribution in [0.3, 0.4) is 0 Å². The lowest BCUT2D eigenvalue weighted by Crippen LogP contribution is -2.34. The summed E-state index contributed by atoms with van der Waals surface area (Å²) in [5.41, 5.74) is 1.45. The Hall–Kier alpha value is -1.81. The first-order valence-corrected chi connectivity index (χ1v) is 6.32. The second-order valence-electron chi connectivity index (χ2n) is 4.54. The molecule has 0 radical (unpaired) electrons. The lowest BCUT2D eigenvalue weighted by Gasteiger charge is -2.19. The minimum absolute atomic E-state index is 0.0728. The molecule has 1 amide bonds. The van der Waals surface area contributed by atoms with Gasteiger partial charge in [0.1, 0.15) is 11.8 Å². The number of carbonyl (C=O) groups excluding carboxylic acids is 1. The third-order valence-corrected chi connectivity index (χ3v) is 3.34. The van der Waals surface area contributed by atoms with E-state index in [2.05, 4.69) is 5.32 Å². The lowest BCUT2D eigenvalue weighted by molar-refractivity contribution is 0.0767. The lowest BCUT2D eigenvalue weighted by atomic mass is 10.1. The van der Waals surface area contributed by atoms with Crippen molar-refractivity contribution in [2.45, 2.75) is 6.42 Å². The van der Waals surface area contributed by atoms with Crippen molar-refractivity contribution in [2.75, 3.05) is 26.2 Å². The van der Waals surface area contributed by atoms with Gasteiger partial charge >= 0.3 is 0 Å². The molecule has 0 aliphatic carbocycles. The van der Waals surface area contributed by atoms with E-state index in [1.54, 1.807) is 6.26 Å². The standard InChI is InChI=1S/C14H16N2O2/c17-14(16-8-3-6-15-7-9-16)12-10-18-13-5-2-1-4-11(12)13/h1-2,4-5,10,15H,3,6-9H2. The fraction of sp³-hybridized carbons (Fsp3) is 0.357. The maximum atomic E-state index is 12.5. The molecule has 3 rings (SSSR count). The highest BCUT2D eigenvalue weighted by atomic mass is 16.3. The van der Waals surface area contributed by atoms with Crippen LogP contribution in [0.4, 0.5) is 0 Å². The van der Waals surface area contributed by atoms with Crippen molar-refractivity contribution in [3.63, 3.8) is 0 Å². The normalized spacial score (nSPS) is 16.8. The van der Waals surface area contributed by atoms with Crippen LogP contribution in [0.25, 0.3) is 11.0 Å². The summed E-state index contributed by atoms with van der Waals surface area (Å²) in [6.45, 7) is 3.42. The fourth-order valence-electron chi connectivity index (χ4n) is 2.36. The predicted octanol–water partition coefficient (Wildman–Crippen LogP) is 1.87. The topological polar surface area (TPSA) is 45.5 Å². The molecule has 0 unspecified atom stereocenters. The first kappa shape index (κ1) is 11.3. The Morgan fingerprint density at radius 1 is 1.22 bits per heavy atom. The molecule has 1 aromatic carbocycles. The zero-order chi connectivity index (χ0) is 12.4. The summed E-state index contributed by atoms with van der Waals surface area (Å²) < 4.78 is 5.43. The maximum Gasteiger partial charge on any atom is 0.257 e. The van der Waals surface area contributed by atoms with Crippen LogP contribution in [0, 0.1) is 0 Å². The highest BCUT2D eigenvalue weighted by Gasteiger charge is 2.20. The van der Waals surface area contributed by atoms with Crippen LogP contribution in [-0.2, 0) is 0 Å². The summed E-state index contributed by atoms with van der Waals surface area (Å²) in [6, 6.07) is 7.66. The van der Waals surface area contributed by atoms with Crippen molar-refractivity contribution < 1.29 is 9.21 Å². The van der Waals surface area contributed by atoms with Crippen LogP contribution < -0.4 is 5.32 Å². The van der Waals surface area contributed by atoms with Crippen LogP contribution in [-0.4, -0.2) is 37.0 Å². The van der Waals surface area contributed by atoms with Gasteiger partial charge in [0.25, 0.3) is 5.91 Å². The Morgan fingerprint density at radius 3 is 3.06 bits per heavy atom. The molecular weight excluding hydrogens is 228 g/mol. The molecule has 1 aliphatic heterocycles. The van der Waals surface area contributed by atoms with Crippen LogP contribution in [0.15, 0.2) is 34.9 Å². The number of hydrogen-bond donors (Lipinski definition) is 1. The third-order valence-electron chi connectivity index (χ3n) is 3.34. The minimum Gasteiger partial charge on any atom is -0.463 e. The molecular formula is C14H16N2O2. The van der Waals surface area contributed by atoms with Gasteiger partial charge in [-0.25, -0.2) is 0 Å². The van der Waals surface area contributed by atoms with Gasteiger partial charge in [0, 0.05) is 25.0 Å². The average Bonchev–Trinajstić information content (AvgIpc) is 2.65. The predicted molar refractivity (Wildman–Crippen MR) is 69.6 cm³/mol. The quantitative estimate of drug-likeness (QED) is 0.833. The molecule has 94 valence electrons. The number of hydrogen-bond acceptors (Lipinski definition) is 3. The van der Waals surface area contributed by atoms with Gasteiger partial charge in [0.2, 0.25) is 0 Å². The zero-order valence-corrected chi connectivity index (χ0v) is 10.2. The Kier molecular flexibility index (Phi) is 3.02. The number of nitrogens with zero attached hydrogens (tertiary/aromatic N) is 1. The number of fused-ring (bicyclic) bond motifs is 1. The van der Waals surface area contributed by atoms with Crippen molar-refractivity contribution in [1.82, 2.24) is 10.2 Å². The Balaban J connectivity index is 1.91. The molecule has 0 bridgehead atoms. The van der Waals surface area contributed by atoms with Gasteiger partial charge in [0.05, 0.1) is 5.56 Å². The van der Waals surface area contributed by atoms with Crippen molar-refractivity contribution in [3.05, 3.63) is 36.1 Å². The second kappa shape index (κ2) is 4.82. The molecule has 1 aliphatic rings. The summed E-state index contributed by atoms with van der Waals surface area (Å²) in [5.74, 6) is 0.0728. The molecule has 1 fully saturated rings. The molecule has 4 heteroatoms. The van der Waals surface area contributed by atoms with Gasteiger partial charge < -0.3 is 14.6 Å². The van der Waals surface area contributed by atoms with E-state index in [-0.39, 0.29) is 5.91 Å². The molecule has 0 saturated carbocycles. The van der Waals surface area contributed by atoms with Crippen LogP contribution in [0.5, 0.6) is 0 Å². The molecule has 4 nitrogen and oxygen atoms in total. The first-order valence-electron chi connectivity index (χ1n) is 6.32. The summed E-state index contributed by atoms with van der Waals surface area (Å²) >= 11 is 0. The molecule has 2 aromatic rings. The van der Waals surface area contributed by atoms with E-state index in [9.17, 15) is 4.79 Å². The van der Waals surface area contributed by atoms with Crippen LogP contribution in [0.1, 0.15) is 16.8 Å². The third kappa shape index (κ3) is 1.99. The minimum atomic E-state index is 0.0728. The van der Waals surface area contributed by atoms with E-state index in [4.69, 9.17) is 4.42 Å². The Morgan fingerprint density at radius 2 is 2.11 bits per heavy atom.